The molecule has 8 nitrogen and oxygen atoms in total. The predicted octanol–water partition coefficient (Wildman–Crippen LogP) is 7.36. The number of aromatic nitrogens is 1. The van der Waals surface area contributed by atoms with E-state index in [-0.39, 0.29) is 5.75 Å². The van der Waals surface area contributed by atoms with E-state index in [0.29, 0.717) is 33.8 Å². The monoisotopic (exact) mass is 675 g/mol. The molecule has 5 rings (SSSR count). The van der Waals surface area contributed by atoms with Crippen LogP contribution in [0.2, 0.25) is 0 Å². The molecule has 0 aliphatic rings. The fraction of sp³-hybridized carbons (Fsp3) is 0.0645. The van der Waals surface area contributed by atoms with Gasteiger partial charge in [-0.3, -0.25) is 4.79 Å². The van der Waals surface area contributed by atoms with Gasteiger partial charge in [-0.25, -0.2) is 10.2 Å². The molecular formula is C31H23Br2N3O5. The van der Waals surface area contributed by atoms with E-state index in [2.05, 4.69) is 47.4 Å². The Morgan fingerprint density at radius 2 is 1.56 bits per heavy atom. The number of esters is 1. The number of carbonyl (C=O) groups is 2. The topological polar surface area (TPSA) is 102 Å². The number of ether oxygens (including phenoxy) is 3. The van der Waals surface area contributed by atoms with Crippen LogP contribution in [0.1, 0.15) is 26.4 Å². The quantitative estimate of drug-likeness (QED) is 0.0774. The summed E-state index contributed by atoms with van der Waals surface area (Å²) in [5, 5.41) is 4.98. The summed E-state index contributed by atoms with van der Waals surface area (Å²) >= 11 is 6.97. The van der Waals surface area contributed by atoms with Gasteiger partial charge in [-0.1, -0.05) is 62.2 Å². The minimum atomic E-state index is -0.514. The Hall–Kier alpha value is -4.41. The van der Waals surface area contributed by atoms with E-state index in [1.165, 1.54) is 13.3 Å². The molecule has 1 aromatic heterocycles. The lowest BCUT2D eigenvalue weighted by Crippen LogP contribution is -2.18. The molecule has 206 valence electrons. The van der Waals surface area contributed by atoms with Crippen LogP contribution in [-0.4, -0.2) is 37.3 Å². The van der Waals surface area contributed by atoms with Crippen LogP contribution in [0.15, 0.2) is 99.0 Å². The molecule has 0 fully saturated rings. The summed E-state index contributed by atoms with van der Waals surface area (Å²) in [6.45, 7) is 0. The Morgan fingerprint density at radius 1 is 0.854 bits per heavy atom. The van der Waals surface area contributed by atoms with Crippen LogP contribution in [0.25, 0.3) is 22.0 Å². The van der Waals surface area contributed by atoms with Gasteiger partial charge in [-0.2, -0.15) is 5.10 Å². The van der Waals surface area contributed by atoms with Crippen molar-refractivity contribution in [1.29, 1.82) is 0 Å². The van der Waals surface area contributed by atoms with Crippen molar-refractivity contribution >= 4 is 60.9 Å². The standard InChI is InChI=1S/C31H23Br2N3O5/c1-39-24-15-13-22(33)27-26(19-6-4-3-5-7-19)29(35-28(24)27)30(37)36-34-17-18-8-14-23(25(16-18)40-2)41-31(38)20-9-11-21(32)12-10-20/h3-17,35H,1-2H3,(H,36,37). The van der Waals surface area contributed by atoms with Gasteiger partial charge in [0.2, 0.25) is 0 Å². The van der Waals surface area contributed by atoms with Gasteiger partial charge in [-0.15, -0.1) is 0 Å². The third-order valence-electron chi connectivity index (χ3n) is 6.23. The molecule has 0 atom stereocenters. The first kappa shape index (κ1) is 28.1. The number of benzene rings is 4. The van der Waals surface area contributed by atoms with Crippen molar-refractivity contribution in [2.75, 3.05) is 14.2 Å². The third kappa shape index (κ3) is 6.03. The van der Waals surface area contributed by atoms with Crippen molar-refractivity contribution in [3.8, 4) is 28.4 Å². The lowest BCUT2D eigenvalue weighted by atomic mass is 10.0. The smallest absolute Gasteiger partial charge is 0.343 e. The van der Waals surface area contributed by atoms with Crippen molar-refractivity contribution in [3.63, 3.8) is 0 Å². The minimum absolute atomic E-state index is 0.256. The zero-order chi connectivity index (χ0) is 28.9. The number of hydrogen-bond acceptors (Lipinski definition) is 6. The first-order chi connectivity index (χ1) is 19.9. The summed E-state index contributed by atoms with van der Waals surface area (Å²) < 4.78 is 18.1. The predicted molar refractivity (Wildman–Crippen MR) is 165 cm³/mol. The van der Waals surface area contributed by atoms with Crippen molar-refractivity contribution in [3.05, 3.63) is 111 Å². The molecule has 0 radical (unpaired) electrons. The first-order valence-electron chi connectivity index (χ1n) is 12.3. The summed E-state index contributed by atoms with van der Waals surface area (Å²) in [4.78, 5) is 29.1. The molecule has 0 aliphatic carbocycles. The highest BCUT2D eigenvalue weighted by Crippen LogP contribution is 2.40. The molecule has 1 amide bonds. The molecule has 0 saturated carbocycles. The highest BCUT2D eigenvalue weighted by molar-refractivity contribution is 9.11. The number of carbonyl (C=O) groups excluding carboxylic acids is 2. The van der Waals surface area contributed by atoms with Crippen LogP contribution < -0.4 is 19.6 Å². The maximum atomic E-state index is 13.4. The van der Waals surface area contributed by atoms with Gasteiger partial charge in [-0.05, 0) is 65.7 Å². The first-order valence-corrected chi connectivity index (χ1v) is 13.9. The molecule has 4 aromatic carbocycles. The molecular weight excluding hydrogens is 654 g/mol. The van der Waals surface area contributed by atoms with E-state index in [0.717, 1.165) is 25.5 Å². The summed E-state index contributed by atoms with van der Waals surface area (Å²) in [6, 6.07) is 25.1. The number of hydrogen-bond donors (Lipinski definition) is 2. The summed E-state index contributed by atoms with van der Waals surface area (Å²) in [7, 11) is 3.06. The molecule has 0 unspecified atom stereocenters. The number of halogens is 2. The second kappa shape index (κ2) is 12.4. The van der Waals surface area contributed by atoms with Crippen LogP contribution in [0.3, 0.4) is 0 Å². The molecule has 2 N–H and O–H groups in total. The van der Waals surface area contributed by atoms with Gasteiger partial charge < -0.3 is 19.2 Å². The number of fused-ring (bicyclic) bond motifs is 1. The molecule has 0 aliphatic heterocycles. The average molecular weight is 677 g/mol. The SMILES string of the molecule is COc1cc(C=NNC(=O)c2[nH]c3c(OC)ccc(Br)c3c2-c2ccccc2)ccc1OC(=O)c1ccc(Br)cc1. The van der Waals surface area contributed by atoms with E-state index < -0.39 is 11.9 Å². The van der Waals surface area contributed by atoms with Crippen molar-refractivity contribution < 1.29 is 23.8 Å². The van der Waals surface area contributed by atoms with Crippen LogP contribution in [0, 0.1) is 0 Å². The van der Waals surface area contributed by atoms with E-state index in [4.69, 9.17) is 14.2 Å². The highest BCUT2D eigenvalue weighted by atomic mass is 79.9. The van der Waals surface area contributed by atoms with Crippen molar-refractivity contribution in [1.82, 2.24) is 10.4 Å². The molecule has 0 spiro atoms. The molecule has 41 heavy (non-hydrogen) atoms. The van der Waals surface area contributed by atoms with E-state index in [9.17, 15) is 9.59 Å². The number of amides is 1. The Bertz CT molecular complexity index is 1770. The molecule has 0 bridgehead atoms. The average Bonchev–Trinajstić information content (AvgIpc) is 3.40. The molecule has 1 heterocycles. The fourth-order valence-electron chi connectivity index (χ4n) is 4.29. The molecule has 10 heteroatoms. The summed E-state index contributed by atoms with van der Waals surface area (Å²) in [6.07, 6.45) is 1.47. The largest absolute Gasteiger partial charge is 0.495 e. The highest BCUT2D eigenvalue weighted by Gasteiger charge is 2.23. The van der Waals surface area contributed by atoms with Crippen LogP contribution in [0.4, 0.5) is 0 Å². The van der Waals surface area contributed by atoms with Gasteiger partial charge in [0.05, 0.1) is 31.5 Å². The minimum Gasteiger partial charge on any atom is -0.495 e. The normalized spacial score (nSPS) is 11.0. The fourth-order valence-corrected chi connectivity index (χ4v) is 5.08. The summed E-state index contributed by atoms with van der Waals surface area (Å²) in [5.74, 6) is 0.255. The lowest BCUT2D eigenvalue weighted by molar-refractivity contribution is 0.0729. The Labute approximate surface area is 252 Å². The number of H-pyrrole nitrogens is 1. The zero-order valence-electron chi connectivity index (χ0n) is 21.9. The van der Waals surface area contributed by atoms with Crippen molar-refractivity contribution in [2.45, 2.75) is 0 Å². The number of hydrazone groups is 1. The molecule has 0 saturated heterocycles. The maximum Gasteiger partial charge on any atom is 0.343 e. The third-order valence-corrected chi connectivity index (χ3v) is 7.42. The number of aromatic amines is 1. The van der Waals surface area contributed by atoms with E-state index in [1.807, 2.05) is 42.5 Å². The Balaban J connectivity index is 1.38. The maximum absolute atomic E-state index is 13.4. The van der Waals surface area contributed by atoms with Crippen LogP contribution in [-0.2, 0) is 0 Å². The second-order valence-electron chi connectivity index (χ2n) is 8.75. The van der Waals surface area contributed by atoms with Crippen LogP contribution in [0.5, 0.6) is 17.2 Å². The lowest BCUT2D eigenvalue weighted by Gasteiger charge is -2.10. The number of nitrogens with zero attached hydrogens (tertiary/aromatic N) is 1. The second-order valence-corrected chi connectivity index (χ2v) is 10.5. The van der Waals surface area contributed by atoms with Gasteiger partial charge in [0.1, 0.15) is 11.4 Å². The van der Waals surface area contributed by atoms with Gasteiger partial charge >= 0.3 is 5.97 Å². The number of rotatable bonds is 8. The van der Waals surface area contributed by atoms with Crippen molar-refractivity contribution in [2.24, 2.45) is 5.10 Å². The molecule has 5 aromatic rings. The van der Waals surface area contributed by atoms with Gasteiger partial charge in [0.15, 0.2) is 11.5 Å². The Kier molecular flexibility index (Phi) is 8.51. The van der Waals surface area contributed by atoms with E-state index in [1.54, 1.807) is 49.6 Å². The van der Waals surface area contributed by atoms with Crippen LogP contribution >= 0.6 is 31.9 Å². The number of methoxy groups -OCH3 is 2. The van der Waals surface area contributed by atoms with Gasteiger partial charge in [0, 0.05) is 19.9 Å². The van der Waals surface area contributed by atoms with Gasteiger partial charge in [0.25, 0.3) is 5.91 Å². The Morgan fingerprint density at radius 3 is 2.27 bits per heavy atom. The van der Waals surface area contributed by atoms with E-state index >= 15 is 0 Å². The summed E-state index contributed by atoms with van der Waals surface area (Å²) in [5.41, 5.74) is 6.23. The zero-order valence-corrected chi connectivity index (χ0v) is 25.1. The number of nitrogens with one attached hydrogen (secondary N) is 2.